The average molecular weight is 494 g/mol. The molecule has 2 heterocycles. The van der Waals surface area contributed by atoms with Gasteiger partial charge in [-0.25, -0.2) is 8.42 Å². The predicted molar refractivity (Wildman–Crippen MR) is 131 cm³/mol. The maximum Gasteiger partial charge on any atom is 0.256 e. The number of fused-ring (bicyclic) bond motifs is 1. The third-order valence-electron chi connectivity index (χ3n) is 5.97. The number of rotatable bonds is 9. The van der Waals surface area contributed by atoms with Gasteiger partial charge in [0.2, 0.25) is 10.0 Å². The summed E-state index contributed by atoms with van der Waals surface area (Å²) in [5.41, 5.74) is 1.90. The molecule has 10 heteroatoms. The highest BCUT2D eigenvalue weighted by Gasteiger charge is 2.30. The van der Waals surface area contributed by atoms with E-state index in [2.05, 4.69) is 17.6 Å². The van der Waals surface area contributed by atoms with Crippen molar-refractivity contribution in [3.05, 3.63) is 45.8 Å². The molecule has 3 N–H and O–H groups in total. The van der Waals surface area contributed by atoms with Crippen molar-refractivity contribution in [2.24, 2.45) is 0 Å². The van der Waals surface area contributed by atoms with Crippen LogP contribution in [-0.4, -0.2) is 57.8 Å². The molecule has 0 aliphatic carbocycles. The van der Waals surface area contributed by atoms with E-state index in [4.69, 9.17) is 0 Å². The molecule has 1 aliphatic rings. The van der Waals surface area contributed by atoms with Gasteiger partial charge in [0, 0.05) is 32.1 Å². The molecule has 1 aliphatic heterocycles. The minimum absolute atomic E-state index is 0.152. The Balaban J connectivity index is 1.85. The monoisotopic (exact) mass is 493 g/mol. The van der Waals surface area contributed by atoms with E-state index in [-0.39, 0.29) is 16.7 Å². The van der Waals surface area contributed by atoms with Crippen molar-refractivity contribution >= 4 is 38.2 Å². The third-order valence-corrected chi connectivity index (χ3v) is 9.19. The maximum atomic E-state index is 13.0. The smallest absolute Gasteiger partial charge is 0.256 e. The predicted octanol–water partition coefficient (Wildman–Crippen LogP) is 1.74. The Bertz CT molecular complexity index is 1110. The molecule has 1 unspecified atom stereocenters. The molecule has 1 aromatic heterocycles. The van der Waals surface area contributed by atoms with Crippen molar-refractivity contribution in [2.75, 3.05) is 38.5 Å². The van der Waals surface area contributed by atoms with Crippen molar-refractivity contribution in [3.8, 4) is 0 Å². The number of amides is 2. The average Bonchev–Trinajstić information content (AvgIpc) is 3.16. The van der Waals surface area contributed by atoms with E-state index in [1.165, 1.54) is 44.8 Å². The van der Waals surface area contributed by atoms with Crippen molar-refractivity contribution in [1.29, 1.82) is 0 Å². The number of hydrogen-bond acceptors (Lipinski definition) is 5. The van der Waals surface area contributed by atoms with Gasteiger partial charge >= 0.3 is 0 Å². The van der Waals surface area contributed by atoms with E-state index < -0.39 is 10.0 Å². The summed E-state index contributed by atoms with van der Waals surface area (Å²) in [6.07, 6.45) is 1.90. The largest absolute Gasteiger partial charge is 0.355 e. The van der Waals surface area contributed by atoms with Crippen LogP contribution in [0.3, 0.4) is 0 Å². The minimum Gasteiger partial charge on any atom is -0.355 e. The first-order valence-corrected chi connectivity index (χ1v) is 13.6. The molecular formula is C23H33N4O4S2+. The van der Waals surface area contributed by atoms with E-state index in [9.17, 15) is 18.0 Å². The molecule has 0 spiro atoms. The summed E-state index contributed by atoms with van der Waals surface area (Å²) in [4.78, 5) is 28.4. The van der Waals surface area contributed by atoms with Crippen molar-refractivity contribution in [3.63, 3.8) is 0 Å². The number of nitrogens with one attached hydrogen (secondary N) is 3. The molecule has 0 fully saturated rings. The van der Waals surface area contributed by atoms with Crippen LogP contribution in [0.2, 0.25) is 0 Å². The van der Waals surface area contributed by atoms with Crippen LogP contribution >= 0.6 is 11.3 Å². The molecule has 1 atom stereocenters. The SMILES string of the molecule is CCC[NH+]1CCc2c(sc(NC(=O)c3ccc(S(=O)(=O)N(CC)CC)cc3)c2C(=O)NC)C1. The highest BCUT2D eigenvalue weighted by atomic mass is 32.2. The number of anilines is 1. The Labute approximate surface area is 200 Å². The van der Waals surface area contributed by atoms with E-state index >= 15 is 0 Å². The lowest BCUT2D eigenvalue weighted by Crippen LogP contribution is -3.11. The topological polar surface area (TPSA) is 100 Å². The zero-order valence-electron chi connectivity index (χ0n) is 19.7. The van der Waals surface area contributed by atoms with Gasteiger partial charge in [0.25, 0.3) is 11.8 Å². The summed E-state index contributed by atoms with van der Waals surface area (Å²) in [7, 11) is -2.00. The van der Waals surface area contributed by atoms with Crippen LogP contribution < -0.4 is 15.5 Å². The lowest BCUT2D eigenvalue weighted by Gasteiger charge is -2.23. The maximum absolute atomic E-state index is 13.0. The van der Waals surface area contributed by atoms with Gasteiger partial charge < -0.3 is 15.5 Å². The zero-order chi connectivity index (χ0) is 24.2. The second-order valence-electron chi connectivity index (χ2n) is 8.03. The summed E-state index contributed by atoms with van der Waals surface area (Å²) in [6, 6.07) is 5.92. The van der Waals surface area contributed by atoms with Gasteiger partial charge in [0.05, 0.1) is 28.4 Å². The van der Waals surface area contributed by atoms with E-state index in [1.807, 2.05) is 0 Å². The second kappa shape index (κ2) is 10.8. The summed E-state index contributed by atoms with van der Waals surface area (Å²) >= 11 is 1.46. The van der Waals surface area contributed by atoms with Crippen LogP contribution in [0.1, 0.15) is 58.3 Å². The fourth-order valence-electron chi connectivity index (χ4n) is 4.22. The highest BCUT2D eigenvalue weighted by molar-refractivity contribution is 7.89. The van der Waals surface area contributed by atoms with Gasteiger partial charge in [-0.15, -0.1) is 11.3 Å². The standard InChI is InChI=1S/C23H32N4O4S2/c1-5-13-26-14-12-18-19(15-26)32-23(20(18)22(29)24-4)25-21(28)16-8-10-17(11-9-16)33(30,31)27(6-2)7-3/h8-11H,5-7,12-15H2,1-4H3,(H,24,29)(H,25,28)/p+1. The van der Waals surface area contributed by atoms with E-state index in [0.29, 0.717) is 29.2 Å². The highest BCUT2D eigenvalue weighted by Crippen LogP contribution is 2.35. The molecule has 3 rings (SSSR count). The Morgan fingerprint density at radius 3 is 2.33 bits per heavy atom. The summed E-state index contributed by atoms with van der Waals surface area (Å²) in [6.45, 7) is 9.40. The van der Waals surface area contributed by atoms with Crippen LogP contribution in [-0.2, 0) is 23.0 Å². The van der Waals surface area contributed by atoms with Gasteiger partial charge in [0.1, 0.15) is 11.5 Å². The molecule has 180 valence electrons. The number of hydrogen-bond donors (Lipinski definition) is 3. The number of thiophene rings is 1. The molecule has 1 aromatic carbocycles. The van der Waals surface area contributed by atoms with E-state index in [0.717, 1.165) is 42.9 Å². The number of carbonyl (C=O) groups is 2. The van der Waals surface area contributed by atoms with Gasteiger partial charge in [-0.2, -0.15) is 4.31 Å². The molecular weight excluding hydrogens is 460 g/mol. The van der Waals surface area contributed by atoms with Crippen molar-refractivity contribution < 1.29 is 22.9 Å². The number of carbonyl (C=O) groups excluding carboxylic acids is 2. The minimum atomic E-state index is -3.59. The molecule has 8 nitrogen and oxygen atoms in total. The van der Waals surface area contributed by atoms with E-state index in [1.54, 1.807) is 20.9 Å². The number of benzene rings is 1. The molecule has 33 heavy (non-hydrogen) atoms. The Kier molecular flexibility index (Phi) is 8.28. The number of sulfonamides is 1. The van der Waals surface area contributed by atoms with Crippen LogP contribution in [0.5, 0.6) is 0 Å². The second-order valence-corrected chi connectivity index (χ2v) is 11.1. The quantitative estimate of drug-likeness (QED) is 0.495. The van der Waals surface area contributed by atoms with Crippen LogP contribution in [0.15, 0.2) is 29.2 Å². The molecule has 2 amide bonds. The first kappa shape index (κ1) is 25.4. The van der Waals surface area contributed by atoms with Crippen LogP contribution in [0, 0.1) is 0 Å². The summed E-state index contributed by atoms with van der Waals surface area (Å²) in [5, 5.41) is 6.13. The lowest BCUT2D eigenvalue weighted by molar-refractivity contribution is -0.915. The van der Waals surface area contributed by atoms with Gasteiger partial charge in [-0.05, 0) is 36.2 Å². The third kappa shape index (κ3) is 5.29. The van der Waals surface area contributed by atoms with Crippen LogP contribution in [0.25, 0.3) is 0 Å². The number of nitrogens with zero attached hydrogens (tertiary/aromatic N) is 1. The van der Waals surface area contributed by atoms with Crippen molar-refractivity contribution in [2.45, 2.75) is 45.1 Å². The summed E-state index contributed by atoms with van der Waals surface area (Å²) in [5.74, 6) is -0.578. The van der Waals surface area contributed by atoms with Gasteiger partial charge in [-0.3, -0.25) is 9.59 Å². The number of quaternary nitrogens is 1. The Hall–Kier alpha value is -2.27. The zero-order valence-corrected chi connectivity index (χ0v) is 21.3. The normalized spacial score (nSPS) is 15.8. The molecule has 0 saturated carbocycles. The molecule has 0 radical (unpaired) electrons. The lowest BCUT2D eigenvalue weighted by atomic mass is 10.0. The first-order chi connectivity index (χ1) is 15.8. The molecule has 0 saturated heterocycles. The fourth-order valence-corrected chi connectivity index (χ4v) is 6.99. The van der Waals surface area contributed by atoms with Crippen molar-refractivity contribution in [1.82, 2.24) is 9.62 Å². The first-order valence-electron chi connectivity index (χ1n) is 11.4. The fraction of sp³-hybridized carbons (Fsp3) is 0.478. The summed E-state index contributed by atoms with van der Waals surface area (Å²) < 4.78 is 26.7. The molecule has 2 aromatic rings. The molecule has 0 bridgehead atoms. The van der Waals surface area contributed by atoms with Gasteiger partial charge in [-0.1, -0.05) is 20.8 Å². The van der Waals surface area contributed by atoms with Gasteiger partial charge in [0.15, 0.2) is 0 Å². The Morgan fingerprint density at radius 2 is 1.76 bits per heavy atom. The van der Waals surface area contributed by atoms with Crippen LogP contribution in [0.4, 0.5) is 5.00 Å². The Morgan fingerprint density at radius 1 is 1.09 bits per heavy atom.